The van der Waals surface area contributed by atoms with Crippen LogP contribution in [0.4, 0.5) is 0 Å². The van der Waals surface area contributed by atoms with Gasteiger partial charge >= 0.3 is 0 Å². The monoisotopic (exact) mass is 239 g/mol. The van der Waals surface area contributed by atoms with E-state index in [1.165, 1.54) is 45.2 Å². The summed E-state index contributed by atoms with van der Waals surface area (Å²) < 4.78 is 11.2. The number of fused-ring (bicyclic) bond motifs is 1. The van der Waals surface area contributed by atoms with Gasteiger partial charge in [-0.3, -0.25) is 4.90 Å². The molecule has 3 fully saturated rings. The molecule has 2 atom stereocenters. The maximum absolute atomic E-state index is 5.62. The van der Waals surface area contributed by atoms with Gasteiger partial charge in [-0.05, 0) is 38.1 Å². The van der Waals surface area contributed by atoms with Crippen LogP contribution in [0.2, 0.25) is 0 Å². The van der Waals surface area contributed by atoms with E-state index >= 15 is 0 Å². The Balaban J connectivity index is 1.45. The molecule has 2 aliphatic heterocycles. The SMILES string of the molecule is C1COC(CCN2CCC3CCCCC32)OC1. The molecular weight excluding hydrogens is 214 g/mol. The molecule has 0 aromatic rings. The van der Waals surface area contributed by atoms with Crippen molar-refractivity contribution in [1.29, 1.82) is 0 Å². The topological polar surface area (TPSA) is 21.7 Å². The molecule has 17 heavy (non-hydrogen) atoms. The summed E-state index contributed by atoms with van der Waals surface area (Å²) in [5, 5.41) is 0. The van der Waals surface area contributed by atoms with Crippen LogP contribution in [0.3, 0.4) is 0 Å². The number of hydrogen-bond acceptors (Lipinski definition) is 3. The Morgan fingerprint density at radius 3 is 2.65 bits per heavy atom. The summed E-state index contributed by atoms with van der Waals surface area (Å²) >= 11 is 0. The Bertz CT molecular complexity index is 240. The van der Waals surface area contributed by atoms with Crippen LogP contribution in [0.25, 0.3) is 0 Å². The Hall–Kier alpha value is -0.120. The summed E-state index contributed by atoms with van der Waals surface area (Å²) in [7, 11) is 0. The van der Waals surface area contributed by atoms with Crippen LogP contribution < -0.4 is 0 Å². The highest BCUT2D eigenvalue weighted by Crippen LogP contribution is 2.36. The van der Waals surface area contributed by atoms with Crippen LogP contribution in [0, 0.1) is 5.92 Å². The van der Waals surface area contributed by atoms with Crippen LogP contribution >= 0.6 is 0 Å². The molecule has 0 amide bonds. The van der Waals surface area contributed by atoms with Crippen molar-refractivity contribution in [2.75, 3.05) is 26.3 Å². The van der Waals surface area contributed by atoms with E-state index in [1.807, 2.05) is 0 Å². The molecule has 0 N–H and O–H groups in total. The maximum Gasteiger partial charge on any atom is 0.158 e. The maximum atomic E-state index is 5.62. The van der Waals surface area contributed by atoms with Crippen molar-refractivity contribution in [2.24, 2.45) is 5.92 Å². The molecule has 1 aliphatic carbocycles. The Morgan fingerprint density at radius 2 is 1.76 bits per heavy atom. The third kappa shape index (κ3) is 2.83. The Morgan fingerprint density at radius 1 is 0.941 bits per heavy atom. The van der Waals surface area contributed by atoms with E-state index in [1.54, 1.807) is 0 Å². The first-order valence-corrected chi connectivity index (χ1v) is 7.41. The fourth-order valence-corrected chi connectivity index (χ4v) is 3.76. The molecule has 3 nitrogen and oxygen atoms in total. The van der Waals surface area contributed by atoms with E-state index in [4.69, 9.17) is 9.47 Å². The molecule has 0 aromatic carbocycles. The highest BCUT2D eigenvalue weighted by Gasteiger charge is 2.35. The first kappa shape index (κ1) is 11.9. The second-order valence-corrected chi connectivity index (χ2v) is 5.75. The van der Waals surface area contributed by atoms with Gasteiger partial charge in [0.2, 0.25) is 0 Å². The molecule has 0 aromatic heterocycles. The minimum atomic E-state index is 0.0754. The van der Waals surface area contributed by atoms with Gasteiger partial charge in [-0.15, -0.1) is 0 Å². The molecule has 2 unspecified atom stereocenters. The molecule has 1 saturated carbocycles. The lowest BCUT2D eigenvalue weighted by atomic mass is 9.85. The number of hydrogen-bond donors (Lipinski definition) is 0. The molecule has 0 radical (unpaired) electrons. The molecule has 3 aliphatic rings. The van der Waals surface area contributed by atoms with Gasteiger partial charge in [0.05, 0.1) is 13.2 Å². The molecule has 3 heteroatoms. The lowest BCUT2D eigenvalue weighted by Gasteiger charge is -2.33. The number of ether oxygens (including phenoxy) is 2. The standard InChI is InChI=1S/C14H25NO2/c1-2-5-13-12(4-1)6-8-15(13)9-7-14-16-10-3-11-17-14/h12-14H,1-11H2. The number of likely N-dealkylation sites (tertiary alicyclic amines) is 1. The lowest BCUT2D eigenvalue weighted by Crippen LogP contribution is -2.37. The van der Waals surface area contributed by atoms with Crippen molar-refractivity contribution in [3.63, 3.8) is 0 Å². The molecule has 2 saturated heterocycles. The highest BCUT2D eigenvalue weighted by atomic mass is 16.7. The van der Waals surface area contributed by atoms with Gasteiger partial charge in [0.15, 0.2) is 6.29 Å². The third-order valence-corrected chi connectivity index (χ3v) is 4.67. The fraction of sp³-hybridized carbons (Fsp3) is 1.00. The Labute approximate surface area is 104 Å². The summed E-state index contributed by atoms with van der Waals surface area (Å²) in [6.07, 6.45) is 9.42. The molecule has 2 heterocycles. The van der Waals surface area contributed by atoms with Crippen LogP contribution in [-0.2, 0) is 9.47 Å². The average molecular weight is 239 g/mol. The van der Waals surface area contributed by atoms with Crippen LogP contribution in [0.15, 0.2) is 0 Å². The first-order chi connectivity index (χ1) is 8.43. The van der Waals surface area contributed by atoms with E-state index < -0.39 is 0 Å². The van der Waals surface area contributed by atoms with Crippen molar-refractivity contribution >= 4 is 0 Å². The number of nitrogens with zero attached hydrogens (tertiary/aromatic N) is 1. The highest BCUT2D eigenvalue weighted by molar-refractivity contribution is 4.89. The summed E-state index contributed by atoms with van der Waals surface area (Å²) in [5.41, 5.74) is 0. The molecule has 98 valence electrons. The van der Waals surface area contributed by atoms with Crippen molar-refractivity contribution in [3.05, 3.63) is 0 Å². The van der Waals surface area contributed by atoms with Crippen molar-refractivity contribution in [1.82, 2.24) is 4.90 Å². The summed E-state index contributed by atoms with van der Waals surface area (Å²) in [6, 6.07) is 0.882. The summed E-state index contributed by atoms with van der Waals surface area (Å²) in [6.45, 7) is 4.25. The fourth-order valence-electron chi connectivity index (χ4n) is 3.76. The van der Waals surface area contributed by atoms with Crippen LogP contribution in [-0.4, -0.2) is 43.5 Å². The molecular formula is C14H25NO2. The van der Waals surface area contributed by atoms with E-state index in [9.17, 15) is 0 Å². The third-order valence-electron chi connectivity index (χ3n) is 4.67. The van der Waals surface area contributed by atoms with E-state index in [2.05, 4.69) is 4.90 Å². The minimum absolute atomic E-state index is 0.0754. The molecule has 0 spiro atoms. The van der Waals surface area contributed by atoms with Crippen molar-refractivity contribution < 1.29 is 9.47 Å². The zero-order chi connectivity index (χ0) is 11.5. The normalized spacial score (nSPS) is 36.0. The van der Waals surface area contributed by atoms with Crippen molar-refractivity contribution in [3.8, 4) is 0 Å². The predicted octanol–water partition coefficient (Wildman–Crippen LogP) is 2.40. The molecule has 3 rings (SSSR count). The largest absolute Gasteiger partial charge is 0.353 e. The first-order valence-electron chi connectivity index (χ1n) is 7.41. The molecule has 0 bridgehead atoms. The summed E-state index contributed by atoms with van der Waals surface area (Å²) in [5.74, 6) is 0.997. The van der Waals surface area contributed by atoms with Gasteiger partial charge in [0, 0.05) is 19.0 Å². The van der Waals surface area contributed by atoms with Gasteiger partial charge in [0.1, 0.15) is 0 Å². The lowest BCUT2D eigenvalue weighted by molar-refractivity contribution is -0.183. The van der Waals surface area contributed by atoms with Gasteiger partial charge in [-0.1, -0.05) is 12.8 Å². The second-order valence-electron chi connectivity index (χ2n) is 5.75. The van der Waals surface area contributed by atoms with Gasteiger partial charge in [0.25, 0.3) is 0 Å². The zero-order valence-electron chi connectivity index (χ0n) is 10.8. The van der Waals surface area contributed by atoms with Crippen molar-refractivity contribution in [2.45, 2.75) is 57.3 Å². The smallest absolute Gasteiger partial charge is 0.158 e. The van der Waals surface area contributed by atoms with Gasteiger partial charge in [-0.25, -0.2) is 0 Å². The number of rotatable bonds is 3. The Kier molecular flexibility index (Phi) is 3.99. The summed E-state index contributed by atoms with van der Waals surface area (Å²) in [4.78, 5) is 2.70. The van der Waals surface area contributed by atoms with Gasteiger partial charge in [-0.2, -0.15) is 0 Å². The van der Waals surface area contributed by atoms with E-state index in [0.717, 1.165) is 38.0 Å². The minimum Gasteiger partial charge on any atom is -0.353 e. The zero-order valence-corrected chi connectivity index (χ0v) is 10.8. The van der Waals surface area contributed by atoms with Gasteiger partial charge < -0.3 is 9.47 Å². The quantitative estimate of drug-likeness (QED) is 0.755. The average Bonchev–Trinajstić information content (AvgIpc) is 2.81. The predicted molar refractivity (Wildman–Crippen MR) is 66.9 cm³/mol. The second kappa shape index (κ2) is 5.68. The van der Waals surface area contributed by atoms with E-state index in [-0.39, 0.29) is 6.29 Å². The van der Waals surface area contributed by atoms with Crippen LogP contribution in [0.5, 0.6) is 0 Å². The van der Waals surface area contributed by atoms with Crippen LogP contribution in [0.1, 0.15) is 44.9 Å². The van der Waals surface area contributed by atoms with E-state index in [0.29, 0.717) is 0 Å².